The zero-order valence-electron chi connectivity index (χ0n) is 4.87. The van der Waals surface area contributed by atoms with Gasteiger partial charge in [0.25, 0.3) is 0 Å². The van der Waals surface area contributed by atoms with Crippen LogP contribution in [-0.2, 0) is 0 Å². The summed E-state index contributed by atoms with van der Waals surface area (Å²) in [5, 5.41) is 0. The Kier molecular flexibility index (Phi) is 3.76. The molecule has 0 saturated heterocycles. The van der Waals surface area contributed by atoms with E-state index in [1.807, 2.05) is 0 Å². The molecule has 54 valence electrons. The van der Waals surface area contributed by atoms with Crippen molar-refractivity contribution in [1.29, 1.82) is 0 Å². The van der Waals surface area contributed by atoms with Crippen molar-refractivity contribution >= 4 is 74.3 Å². The minimum absolute atomic E-state index is 1.09. The zero-order chi connectivity index (χ0) is 7.72. The third-order valence-electron chi connectivity index (χ3n) is 1.07. The number of hydrogen-bond acceptors (Lipinski definition) is 0. The van der Waals surface area contributed by atoms with E-state index in [4.69, 9.17) is 0 Å². The predicted octanol–water partition coefficient (Wildman–Crippen LogP) is 2.23. The van der Waals surface area contributed by atoms with Crippen LogP contribution in [-0.4, -0.2) is 23.0 Å². The first-order valence-electron chi connectivity index (χ1n) is 2.52. The molecule has 0 N–H and O–H groups in total. The predicted molar refractivity (Wildman–Crippen MR) is 57.7 cm³/mol. The second-order valence-corrected chi connectivity index (χ2v) is 5.98. The van der Waals surface area contributed by atoms with E-state index in [0.717, 1.165) is 32.0 Å². The van der Waals surface area contributed by atoms with Crippen LogP contribution < -0.4 is 3.51 Å². The Hall–Kier alpha value is 1.48. The normalized spacial score (nSPS) is 10.0. The molecule has 0 amide bonds. The molecule has 0 radical (unpaired) electrons. The van der Waals surface area contributed by atoms with Crippen molar-refractivity contribution < 1.29 is 0 Å². The number of halogens is 3. The van der Waals surface area contributed by atoms with Gasteiger partial charge in [-0.1, -0.05) is 0 Å². The van der Waals surface area contributed by atoms with E-state index in [0.29, 0.717) is 0 Å². The van der Waals surface area contributed by atoms with Crippen molar-refractivity contribution in [3.63, 3.8) is 0 Å². The van der Waals surface area contributed by atoms with Crippen LogP contribution in [0.15, 0.2) is 25.6 Å². The maximum absolute atomic E-state index is 3.49. The molecular weight excluding hydrogens is 434 g/mol. The van der Waals surface area contributed by atoms with Gasteiger partial charge in [0.2, 0.25) is 0 Å². The molecule has 0 unspecified atom stereocenters. The fourth-order valence-electron chi connectivity index (χ4n) is 0.541. The molecule has 0 fully saturated rings. The topological polar surface area (TPSA) is 0 Å². The number of hydrogen-bond donors (Lipinski definition) is 0. The van der Waals surface area contributed by atoms with Crippen molar-refractivity contribution in [3.8, 4) is 0 Å². The molecule has 0 aliphatic heterocycles. The molecule has 1 aromatic carbocycles. The van der Waals surface area contributed by atoms with Crippen molar-refractivity contribution in [2.24, 2.45) is 0 Å². The fourth-order valence-corrected chi connectivity index (χ4v) is 3.13. The van der Waals surface area contributed by atoms with Gasteiger partial charge in [0.15, 0.2) is 0 Å². The summed E-state index contributed by atoms with van der Waals surface area (Å²) in [7, 11) is 0. The quantitative estimate of drug-likeness (QED) is 0.431. The van der Waals surface area contributed by atoms with Crippen LogP contribution in [0.2, 0.25) is 0 Å². The van der Waals surface area contributed by atoms with Crippen molar-refractivity contribution in [2.75, 3.05) is 0 Å². The van der Waals surface area contributed by atoms with Gasteiger partial charge in [0.05, 0.1) is 0 Å². The Bertz CT molecular complexity index is 232. The monoisotopic (exact) mass is 434 g/mol. The molecule has 0 aliphatic rings. The zero-order valence-corrected chi connectivity index (χ0v) is 12.9. The average Bonchev–Trinajstić information content (AvgIpc) is 1.93. The summed E-state index contributed by atoms with van der Waals surface area (Å²) in [5.74, 6) is 0. The fraction of sp³-hybridized carbons (Fsp3) is 0. The summed E-state index contributed by atoms with van der Waals surface area (Å²) >= 11 is 11.5. The first-order valence-corrected chi connectivity index (χ1v) is 6.54. The summed E-state index contributed by atoms with van der Waals surface area (Å²) in [6.07, 6.45) is 0. The summed E-state index contributed by atoms with van der Waals surface area (Å²) in [6, 6.07) is 4.16. The van der Waals surface area contributed by atoms with Gasteiger partial charge in [0, 0.05) is 0 Å². The van der Waals surface area contributed by atoms with Crippen LogP contribution in [0, 0.1) is 0 Å². The molecule has 0 heterocycles. The first kappa shape index (κ1) is 9.57. The van der Waals surface area contributed by atoms with Gasteiger partial charge in [-0.25, -0.2) is 0 Å². The Morgan fingerprint density at radius 2 is 1.60 bits per heavy atom. The van der Waals surface area contributed by atoms with Gasteiger partial charge in [-0.2, -0.15) is 0 Å². The summed E-state index contributed by atoms with van der Waals surface area (Å²) in [4.78, 5) is 0. The van der Waals surface area contributed by atoms with Crippen molar-refractivity contribution in [2.45, 2.75) is 0 Å². The SMILES string of the molecule is Brc1cc[c]([SbH2])c(Br)c1Br. The molecule has 0 nitrogen and oxygen atoms in total. The molecule has 10 heavy (non-hydrogen) atoms. The van der Waals surface area contributed by atoms with Crippen LogP contribution in [0.5, 0.6) is 0 Å². The van der Waals surface area contributed by atoms with Gasteiger partial charge in [-0.3, -0.25) is 0 Å². The van der Waals surface area contributed by atoms with Gasteiger partial charge < -0.3 is 0 Å². The number of benzene rings is 1. The van der Waals surface area contributed by atoms with E-state index < -0.39 is 0 Å². The molecule has 0 aliphatic carbocycles. The van der Waals surface area contributed by atoms with Crippen molar-refractivity contribution in [1.82, 2.24) is 0 Å². The molecule has 0 aromatic heterocycles. The van der Waals surface area contributed by atoms with Crippen LogP contribution in [0.3, 0.4) is 0 Å². The van der Waals surface area contributed by atoms with E-state index in [1.54, 1.807) is 0 Å². The molecule has 0 saturated carbocycles. The van der Waals surface area contributed by atoms with Gasteiger partial charge in [-0.15, -0.1) is 0 Å². The minimum atomic E-state index is 1.09. The first-order chi connectivity index (χ1) is 4.63. The standard InChI is InChI=1S/C6H2Br3.Sb.2H/c7-4-2-1-3-5(8)6(4)9;;;/h1-2H;;;. The van der Waals surface area contributed by atoms with Crippen LogP contribution >= 0.6 is 47.8 Å². The van der Waals surface area contributed by atoms with Gasteiger partial charge >= 0.3 is 99.9 Å². The van der Waals surface area contributed by atoms with Gasteiger partial charge in [-0.05, 0) is 0 Å². The Morgan fingerprint density at radius 3 is 2.10 bits per heavy atom. The van der Waals surface area contributed by atoms with Crippen LogP contribution in [0.4, 0.5) is 0 Å². The summed E-state index contributed by atoms with van der Waals surface area (Å²) in [5.41, 5.74) is 0. The Balaban J connectivity index is 3.34. The van der Waals surface area contributed by atoms with Crippen molar-refractivity contribution in [3.05, 3.63) is 25.6 Å². The van der Waals surface area contributed by atoms with E-state index in [-0.39, 0.29) is 0 Å². The molecule has 4 heteroatoms. The van der Waals surface area contributed by atoms with E-state index >= 15 is 0 Å². The Morgan fingerprint density at radius 1 is 1.00 bits per heavy atom. The van der Waals surface area contributed by atoms with Crippen LogP contribution in [0.1, 0.15) is 0 Å². The summed E-state index contributed by atoms with van der Waals surface area (Å²) in [6.45, 7) is 0. The molecular formula is C6H4Br3Sb. The summed E-state index contributed by atoms with van der Waals surface area (Å²) < 4.78 is 4.74. The van der Waals surface area contributed by atoms with E-state index in [2.05, 4.69) is 59.9 Å². The van der Waals surface area contributed by atoms with Crippen LogP contribution in [0.25, 0.3) is 0 Å². The molecule has 0 bridgehead atoms. The molecule has 1 aromatic rings. The molecule has 1 rings (SSSR count). The third kappa shape index (κ3) is 2.00. The van der Waals surface area contributed by atoms with E-state index in [9.17, 15) is 0 Å². The Labute approximate surface area is 98.6 Å². The molecule has 0 spiro atoms. The van der Waals surface area contributed by atoms with Gasteiger partial charge in [0.1, 0.15) is 0 Å². The molecule has 0 atom stereocenters. The maximum atomic E-state index is 3.49. The van der Waals surface area contributed by atoms with E-state index in [1.165, 1.54) is 7.98 Å². The average molecular weight is 438 g/mol. The number of rotatable bonds is 0. The third-order valence-corrected chi connectivity index (χ3v) is 7.05. The second kappa shape index (κ2) is 3.93. The second-order valence-electron chi connectivity index (χ2n) is 1.76.